The lowest BCUT2D eigenvalue weighted by Crippen LogP contribution is -2.17. The third kappa shape index (κ3) is 14.2. The number of unbranched alkanes of at least 4 members (excludes halogenated alkanes) is 7. The Morgan fingerprint density at radius 2 is 1.11 bits per heavy atom. The molecule has 1 heteroatoms. The van der Waals surface area contributed by atoms with Gasteiger partial charge in [0.15, 0.2) is 0 Å². The number of rotatable bonds is 14. The van der Waals surface area contributed by atoms with Gasteiger partial charge in [0.05, 0.1) is 0 Å². The minimum absolute atomic E-state index is 0.987. The fraction of sp³-hybridized carbons (Fsp3) is 1.00. The van der Waals surface area contributed by atoms with Crippen LogP contribution >= 0.6 is 0 Å². The van der Waals surface area contributed by atoms with Gasteiger partial charge in [0.1, 0.15) is 0 Å². The first-order chi connectivity index (χ1) is 9.20. The molecule has 0 radical (unpaired) electrons. The Morgan fingerprint density at radius 1 is 0.632 bits per heavy atom. The summed E-state index contributed by atoms with van der Waals surface area (Å²) >= 11 is 0. The Balaban J connectivity index is 3.69. The van der Waals surface area contributed by atoms with Crippen molar-refractivity contribution in [3.8, 4) is 0 Å². The van der Waals surface area contributed by atoms with Gasteiger partial charge in [0.2, 0.25) is 0 Å². The van der Waals surface area contributed by atoms with Crippen LogP contribution in [0, 0.1) is 5.92 Å². The maximum absolute atomic E-state index is 2.34. The first kappa shape index (κ1) is 19.0. The zero-order chi connectivity index (χ0) is 14.3. The van der Waals surface area contributed by atoms with Gasteiger partial charge in [-0.1, -0.05) is 84.5 Å². The van der Waals surface area contributed by atoms with Crippen LogP contribution in [0.25, 0.3) is 0 Å². The lowest BCUT2D eigenvalue weighted by molar-refractivity contribution is 0.314. The molecule has 116 valence electrons. The molecule has 0 aromatic heterocycles. The molecule has 1 atom stereocenters. The highest BCUT2D eigenvalue weighted by molar-refractivity contribution is 4.62. The third-order valence-corrected chi connectivity index (χ3v) is 4.17. The van der Waals surface area contributed by atoms with E-state index in [-0.39, 0.29) is 0 Å². The summed E-state index contributed by atoms with van der Waals surface area (Å²) in [6, 6.07) is 0. The second kappa shape index (κ2) is 14.4. The topological polar surface area (TPSA) is 3.24 Å². The van der Waals surface area contributed by atoms with E-state index in [0.717, 1.165) is 5.92 Å². The Bertz CT molecular complexity index is 165. The summed E-state index contributed by atoms with van der Waals surface area (Å²) in [5, 5.41) is 0. The molecular formula is C18H39N. The first-order valence-electron chi connectivity index (χ1n) is 8.85. The summed E-state index contributed by atoms with van der Waals surface area (Å²) in [6.45, 7) is 5.87. The Morgan fingerprint density at radius 3 is 1.58 bits per heavy atom. The quantitative estimate of drug-likeness (QED) is 0.356. The van der Waals surface area contributed by atoms with Gasteiger partial charge in [-0.25, -0.2) is 0 Å². The van der Waals surface area contributed by atoms with E-state index in [4.69, 9.17) is 0 Å². The summed E-state index contributed by atoms with van der Waals surface area (Å²) in [6.07, 6.45) is 17.2. The molecule has 0 spiro atoms. The summed E-state index contributed by atoms with van der Waals surface area (Å²) in [5.41, 5.74) is 0. The lowest BCUT2D eigenvalue weighted by Gasteiger charge is -2.19. The summed E-state index contributed by atoms with van der Waals surface area (Å²) in [4.78, 5) is 2.34. The highest BCUT2D eigenvalue weighted by atomic mass is 15.0. The second-order valence-corrected chi connectivity index (χ2v) is 6.51. The van der Waals surface area contributed by atoms with E-state index in [1.54, 1.807) is 0 Å². The minimum atomic E-state index is 0.987. The molecule has 0 N–H and O–H groups in total. The predicted octanol–water partition coefficient (Wildman–Crippen LogP) is 5.89. The van der Waals surface area contributed by atoms with Gasteiger partial charge < -0.3 is 4.90 Å². The van der Waals surface area contributed by atoms with Crippen molar-refractivity contribution in [2.45, 2.75) is 90.9 Å². The van der Waals surface area contributed by atoms with Gasteiger partial charge in [0, 0.05) is 0 Å². The number of hydrogen-bond donors (Lipinski definition) is 0. The van der Waals surface area contributed by atoms with Crippen molar-refractivity contribution < 1.29 is 0 Å². The number of nitrogens with zero attached hydrogens (tertiary/aromatic N) is 1. The maximum Gasteiger partial charge on any atom is -0.00222 e. The van der Waals surface area contributed by atoms with Crippen molar-refractivity contribution >= 4 is 0 Å². The van der Waals surface area contributed by atoms with Crippen LogP contribution in [0.3, 0.4) is 0 Å². The molecule has 0 aromatic carbocycles. The first-order valence-corrected chi connectivity index (χ1v) is 8.85. The molecule has 0 bridgehead atoms. The molecule has 0 amide bonds. The molecule has 19 heavy (non-hydrogen) atoms. The van der Waals surface area contributed by atoms with E-state index >= 15 is 0 Å². The maximum atomic E-state index is 2.34. The Hall–Kier alpha value is -0.0400. The van der Waals surface area contributed by atoms with Gasteiger partial charge in [-0.2, -0.15) is 0 Å². The van der Waals surface area contributed by atoms with E-state index in [1.807, 2.05) is 0 Å². The van der Waals surface area contributed by atoms with Gasteiger partial charge in [0.25, 0.3) is 0 Å². The van der Waals surface area contributed by atoms with Crippen LogP contribution in [0.1, 0.15) is 90.9 Å². The third-order valence-electron chi connectivity index (χ3n) is 4.17. The van der Waals surface area contributed by atoms with Crippen molar-refractivity contribution in [2.24, 2.45) is 5.92 Å². The van der Waals surface area contributed by atoms with E-state index in [2.05, 4.69) is 32.8 Å². The molecule has 0 saturated carbocycles. The van der Waals surface area contributed by atoms with Crippen LogP contribution in [-0.2, 0) is 0 Å². The summed E-state index contributed by atoms with van der Waals surface area (Å²) in [5.74, 6) is 0.987. The molecule has 0 rings (SSSR count). The van der Waals surface area contributed by atoms with E-state index in [0.29, 0.717) is 0 Å². The normalized spacial score (nSPS) is 13.1. The fourth-order valence-corrected chi connectivity index (χ4v) is 2.77. The number of hydrogen-bond acceptors (Lipinski definition) is 1. The highest BCUT2D eigenvalue weighted by Crippen LogP contribution is 2.21. The average molecular weight is 270 g/mol. The van der Waals surface area contributed by atoms with E-state index in [1.165, 1.54) is 83.6 Å². The molecule has 0 aliphatic rings. The van der Waals surface area contributed by atoms with E-state index in [9.17, 15) is 0 Å². The van der Waals surface area contributed by atoms with Gasteiger partial charge >= 0.3 is 0 Å². The van der Waals surface area contributed by atoms with Crippen molar-refractivity contribution in [3.63, 3.8) is 0 Å². The molecule has 0 aliphatic heterocycles. The van der Waals surface area contributed by atoms with Crippen molar-refractivity contribution in [2.75, 3.05) is 20.6 Å². The average Bonchev–Trinajstić information content (AvgIpc) is 2.39. The Labute approximate surface area is 123 Å². The molecule has 0 saturated heterocycles. The van der Waals surface area contributed by atoms with Crippen molar-refractivity contribution in [1.29, 1.82) is 0 Å². The van der Waals surface area contributed by atoms with Crippen LogP contribution in [0.4, 0.5) is 0 Å². The molecule has 0 aromatic rings. The second-order valence-electron chi connectivity index (χ2n) is 6.51. The van der Waals surface area contributed by atoms with Crippen LogP contribution in [0.15, 0.2) is 0 Å². The van der Waals surface area contributed by atoms with Crippen LogP contribution in [-0.4, -0.2) is 25.5 Å². The summed E-state index contributed by atoms with van der Waals surface area (Å²) in [7, 11) is 4.41. The van der Waals surface area contributed by atoms with Gasteiger partial charge in [-0.05, 0) is 33.0 Å². The molecule has 1 nitrogen and oxygen atoms in total. The van der Waals surface area contributed by atoms with Crippen LogP contribution in [0.5, 0.6) is 0 Å². The van der Waals surface area contributed by atoms with E-state index < -0.39 is 0 Å². The van der Waals surface area contributed by atoms with Crippen LogP contribution in [0.2, 0.25) is 0 Å². The largest absolute Gasteiger partial charge is 0.309 e. The lowest BCUT2D eigenvalue weighted by atomic mass is 9.91. The molecular weight excluding hydrogens is 230 g/mol. The smallest absolute Gasteiger partial charge is 0.00222 e. The standard InChI is InChI=1S/C18H39N/c1-5-7-9-11-13-15-18(16-17-19(3)4)14-12-10-8-6-2/h18H,5-17H2,1-4H3. The summed E-state index contributed by atoms with van der Waals surface area (Å²) < 4.78 is 0. The zero-order valence-corrected chi connectivity index (χ0v) is 14.2. The fourth-order valence-electron chi connectivity index (χ4n) is 2.77. The predicted molar refractivity (Wildman–Crippen MR) is 88.8 cm³/mol. The van der Waals surface area contributed by atoms with Gasteiger partial charge in [-0.3, -0.25) is 0 Å². The van der Waals surface area contributed by atoms with Crippen molar-refractivity contribution in [1.82, 2.24) is 4.90 Å². The Kier molecular flexibility index (Phi) is 14.3. The SMILES string of the molecule is CCCCCCCC(CCCCCC)CCN(C)C. The van der Waals surface area contributed by atoms with Crippen LogP contribution < -0.4 is 0 Å². The zero-order valence-electron chi connectivity index (χ0n) is 14.2. The van der Waals surface area contributed by atoms with Gasteiger partial charge in [-0.15, -0.1) is 0 Å². The molecule has 1 unspecified atom stereocenters. The van der Waals surface area contributed by atoms with Crippen molar-refractivity contribution in [3.05, 3.63) is 0 Å². The minimum Gasteiger partial charge on any atom is -0.309 e. The highest BCUT2D eigenvalue weighted by Gasteiger charge is 2.09. The monoisotopic (exact) mass is 269 g/mol. The molecule has 0 fully saturated rings. The molecule has 0 aliphatic carbocycles. The molecule has 0 heterocycles.